The van der Waals surface area contributed by atoms with Gasteiger partial charge in [-0.3, -0.25) is 4.90 Å². The van der Waals surface area contributed by atoms with Crippen molar-refractivity contribution in [3.05, 3.63) is 24.3 Å². The van der Waals surface area contributed by atoms with Crippen LogP contribution in [0.25, 0.3) is 0 Å². The Morgan fingerprint density at radius 3 is 2.57 bits per heavy atom. The highest BCUT2D eigenvalue weighted by Crippen LogP contribution is 2.25. The van der Waals surface area contributed by atoms with E-state index in [1.54, 1.807) is 7.11 Å². The van der Waals surface area contributed by atoms with E-state index in [-0.39, 0.29) is 12.1 Å². The molecular formula is C18H27N3O2. The van der Waals surface area contributed by atoms with Crippen molar-refractivity contribution in [3.8, 4) is 5.75 Å². The fraction of sp³-hybridized carbons (Fsp3) is 0.611. The Labute approximate surface area is 138 Å². The van der Waals surface area contributed by atoms with Gasteiger partial charge in [0.1, 0.15) is 5.75 Å². The summed E-state index contributed by atoms with van der Waals surface area (Å²) >= 11 is 0. The predicted octanol–water partition coefficient (Wildman–Crippen LogP) is 3.22. The molecule has 0 bridgehead atoms. The lowest BCUT2D eigenvalue weighted by Crippen LogP contribution is -2.42. The van der Waals surface area contributed by atoms with Crippen LogP contribution < -0.4 is 15.4 Å². The number of carbonyl (C=O) groups is 1. The van der Waals surface area contributed by atoms with E-state index in [1.165, 1.54) is 32.1 Å². The molecule has 3 rings (SSSR count). The van der Waals surface area contributed by atoms with Crippen molar-refractivity contribution in [1.29, 1.82) is 0 Å². The summed E-state index contributed by atoms with van der Waals surface area (Å²) < 4.78 is 5.12. The summed E-state index contributed by atoms with van der Waals surface area (Å²) in [4.78, 5) is 14.7. The van der Waals surface area contributed by atoms with Gasteiger partial charge >= 0.3 is 6.03 Å². The summed E-state index contributed by atoms with van der Waals surface area (Å²) in [6.07, 6.45) is 7.80. The van der Waals surface area contributed by atoms with E-state index in [1.807, 2.05) is 24.3 Å². The minimum Gasteiger partial charge on any atom is -0.497 e. The molecule has 0 aromatic heterocycles. The second kappa shape index (κ2) is 7.68. The van der Waals surface area contributed by atoms with Gasteiger partial charge in [0.2, 0.25) is 0 Å². The van der Waals surface area contributed by atoms with Crippen molar-refractivity contribution >= 4 is 11.7 Å². The summed E-state index contributed by atoms with van der Waals surface area (Å²) in [5.41, 5.74) is 0.783. The van der Waals surface area contributed by atoms with Crippen molar-refractivity contribution in [3.63, 3.8) is 0 Å². The van der Waals surface area contributed by atoms with Crippen molar-refractivity contribution in [2.45, 2.75) is 50.6 Å². The third-order valence-electron chi connectivity index (χ3n) is 4.99. The first-order chi connectivity index (χ1) is 11.2. The largest absolute Gasteiger partial charge is 0.497 e. The maximum atomic E-state index is 12.1. The van der Waals surface area contributed by atoms with Gasteiger partial charge in [-0.2, -0.15) is 0 Å². The monoisotopic (exact) mass is 317 g/mol. The summed E-state index contributed by atoms with van der Waals surface area (Å²) in [6, 6.07) is 8.26. The molecular weight excluding hydrogens is 290 g/mol. The molecule has 2 aliphatic rings. The Hall–Kier alpha value is -1.75. The van der Waals surface area contributed by atoms with Gasteiger partial charge in [0.05, 0.1) is 7.11 Å². The minimum absolute atomic E-state index is 0.120. The molecule has 5 heteroatoms. The second-order valence-electron chi connectivity index (χ2n) is 6.60. The number of nitrogens with one attached hydrogen (secondary N) is 2. The van der Waals surface area contributed by atoms with Gasteiger partial charge in [0.25, 0.3) is 0 Å². The first-order valence-corrected chi connectivity index (χ1v) is 8.70. The zero-order valence-electron chi connectivity index (χ0n) is 13.9. The van der Waals surface area contributed by atoms with E-state index < -0.39 is 0 Å². The van der Waals surface area contributed by atoms with Crippen LogP contribution in [0.4, 0.5) is 10.5 Å². The van der Waals surface area contributed by atoms with E-state index in [4.69, 9.17) is 4.74 Å². The summed E-state index contributed by atoms with van der Waals surface area (Å²) in [5.74, 6) is 0.787. The molecule has 1 aromatic carbocycles. The Bertz CT molecular complexity index is 512. The van der Waals surface area contributed by atoms with Crippen LogP contribution in [0.2, 0.25) is 0 Å². The van der Waals surface area contributed by atoms with E-state index in [0.29, 0.717) is 0 Å². The van der Waals surface area contributed by atoms with E-state index in [0.717, 1.165) is 37.0 Å². The molecule has 2 amide bonds. The van der Waals surface area contributed by atoms with E-state index >= 15 is 0 Å². The number of hydrogen-bond acceptors (Lipinski definition) is 3. The number of urea groups is 1. The van der Waals surface area contributed by atoms with Crippen LogP contribution in [0.3, 0.4) is 0 Å². The molecule has 2 fully saturated rings. The number of benzene rings is 1. The molecule has 0 spiro atoms. The minimum atomic E-state index is -0.120. The molecule has 1 aliphatic carbocycles. The highest BCUT2D eigenvalue weighted by atomic mass is 16.5. The fourth-order valence-corrected chi connectivity index (χ4v) is 3.71. The second-order valence-corrected chi connectivity index (χ2v) is 6.60. The van der Waals surface area contributed by atoms with Gasteiger partial charge in [-0.05, 0) is 43.5 Å². The van der Waals surface area contributed by atoms with Crippen LogP contribution in [-0.4, -0.2) is 43.2 Å². The standard InChI is InChI=1S/C18H27N3O2/c1-23-17-9-7-14(8-10-17)19-18(22)20-15-11-12-21(13-15)16-5-3-2-4-6-16/h7-10,15-16H,2-6,11-13H2,1H3,(H2,19,20,22). The number of carbonyl (C=O) groups excluding carboxylic acids is 1. The lowest BCUT2D eigenvalue weighted by Gasteiger charge is -2.31. The van der Waals surface area contributed by atoms with Gasteiger partial charge in [0, 0.05) is 30.9 Å². The summed E-state index contributed by atoms with van der Waals surface area (Å²) in [5, 5.41) is 5.99. The number of likely N-dealkylation sites (tertiary alicyclic amines) is 1. The Kier molecular flexibility index (Phi) is 5.39. The van der Waals surface area contributed by atoms with Crippen LogP contribution in [-0.2, 0) is 0 Å². The van der Waals surface area contributed by atoms with Crippen molar-refractivity contribution < 1.29 is 9.53 Å². The zero-order chi connectivity index (χ0) is 16.1. The summed E-state index contributed by atoms with van der Waals surface area (Å²) in [6.45, 7) is 2.10. The first kappa shape index (κ1) is 16.1. The predicted molar refractivity (Wildman–Crippen MR) is 92.0 cm³/mol. The van der Waals surface area contributed by atoms with Gasteiger partial charge in [-0.15, -0.1) is 0 Å². The topological polar surface area (TPSA) is 53.6 Å². The molecule has 5 nitrogen and oxygen atoms in total. The fourth-order valence-electron chi connectivity index (χ4n) is 3.71. The smallest absolute Gasteiger partial charge is 0.319 e. The molecule has 126 valence electrons. The summed E-state index contributed by atoms with van der Waals surface area (Å²) in [7, 11) is 1.63. The number of nitrogens with zero attached hydrogens (tertiary/aromatic N) is 1. The lowest BCUT2D eigenvalue weighted by molar-refractivity contribution is 0.187. The molecule has 1 unspecified atom stereocenters. The maximum Gasteiger partial charge on any atom is 0.319 e. The van der Waals surface area contributed by atoms with E-state index in [9.17, 15) is 4.79 Å². The molecule has 0 radical (unpaired) electrons. The van der Waals surface area contributed by atoms with Crippen LogP contribution in [0.15, 0.2) is 24.3 Å². The number of rotatable bonds is 4. The van der Waals surface area contributed by atoms with E-state index in [2.05, 4.69) is 15.5 Å². The zero-order valence-corrected chi connectivity index (χ0v) is 13.9. The Morgan fingerprint density at radius 2 is 1.87 bits per heavy atom. The average molecular weight is 317 g/mol. The number of anilines is 1. The molecule has 1 aliphatic heterocycles. The number of amides is 2. The first-order valence-electron chi connectivity index (χ1n) is 8.70. The maximum absolute atomic E-state index is 12.1. The number of methoxy groups -OCH3 is 1. The van der Waals surface area contributed by atoms with Gasteiger partial charge in [0.15, 0.2) is 0 Å². The highest BCUT2D eigenvalue weighted by molar-refractivity contribution is 5.89. The normalized spacial score (nSPS) is 22.7. The van der Waals surface area contributed by atoms with Gasteiger partial charge in [-0.1, -0.05) is 19.3 Å². The highest BCUT2D eigenvalue weighted by Gasteiger charge is 2.29. The van der Waals surface area contributed by atoms with Crippen LogP contribution >= 0.6 is 0 Å². The molecule has 2 N–H and O–H groups in total. The Morgan fingerprint density at radius 1 is 1.13 bits per heavy atom. The SMILES string of the molecule is COc1ccc(NC(=O)NC2CCN(C3CCCCC3)C2)cc1. The van der Waals surface area contributed by atoms with Crippen LogP contribution in [0.5, 0.6) is 5.75 Å². The third kappa shape index (κ3) is 4.38. The number of ether oxygens (including phenoxy) is 1. The third-order valence-corrected chi connectivity index (χ3v) is 4.99. The molecule has 1 heterocycles. The van der Waals surface area contributed by atoms with Crippen molar-refractivity contribution in [2.24, 2.45) is 0 Å². The lowest BCUT2D eigenvalue weighted by atomic mass is 9.94. The van der Waals surface area contributed by atoms with Gasteiger partial charge < -0.3 is 15.4 Å². The van der Waals surface area contributed by atoms with Crippen molar-refractivity contribution in [1.82, 2.24) is 10.2 Å². The molecule has 1 atom stereocenters. The molecule has 1 saturated heterocycles. The Balaban J connectivity index is 1.44. The molecule has 1 saturated carbocycles. The van der Waals surface area contributed by atoms with Crippen molar-refractivity contribution in [2.75, 3.05) is 25.5 Å². The van der Waals surface area contributed by atoms with Crippen LogP contribution in [0, 0.1) is 0 Å². The number of hydrogen-bond donors (Lipinski definition) is 2. The average Bonchev–Trinajstić information content (AvgIpc) is 3.04. The molecule has 23 heavy (non-hydrogen) atoms. The molecule has 1 aromatic rings. The van der Waals surface area contributed by atoms with Crippen LogP contribution in [0.1, 0.15) is 38.5 Å². The van der Waals surface area contributed by atoms with Gasteiger partial charge in [-0.25, -0.2) is 4.79 Å². The quantitative estimate of drug-likeness (QED) is 0.896.